The van der Waals surface area contributed by atoms with Crippen LogP contribution in [-0.2, 0) is 13.6 Å². The van der Waals surface area contributed by atoms with Crippen molar-refractivity contribution >= 4 is 29.0 Å². The van der Waals surface area contributed by atoms with E-state index in [-0.39, 0.29) is 23.0 Å². The number of nitro benzene ring substituents is 1. The van der Waals surface area contributed by atoms with Crippen LogP contribution in [0.25, 0.3) is 22.0 Å². The second kappa shape index (κ2) is 8.11. The van der Waals surface area contributed by atoms with Gasteiger partial charge < -0.3 is 4.57 Å². The van der Waals surface area contributed by atoms with Crippen molar-refractivity contribution in [2.75, 3.05) is 13.1 Å². The number of aryl methyl sites for hydroxylation is 1. The Labute approximate surface area is 165 Å². The van der Waals surface area contributed by atoms with E-state index in [1.807, 2.05) is 24.3 Å². The Morgan fingerprint density at radius 3 is 2.41 bits per heavy atom. The van der Waals surface area contributed by atoms with Gasteiger partial charge in [0.05, 0.1) is 4.92 Å². The molecule has 142 valence electrons. The Bertz CT molecular complexity index is 947. The van der Waals surface area contributed by atoms with Crippen LogP contribution in [0.5, 0.6) is 0 Å². The molecule has 0 N–H and O–H groups in total. The van der Waals surface area contributed by atoms with Crippen molar-refractivity contribution in [2.24, 2.45) is 7.05 Å². The molecule has 0 spiro atoms. The van der Waals surface area contributed by atoms with E-state index in [1.54, 1.807) is 12.1 Å². The highest BCUT2D eigenvalue weighted by molar-refractivity contribution is 5.99. The summed E-state index contributed by atoms with van der Waals surface area (Å²) in [6, 6.07) is 15.4. The molecule has 5 nitrogen and oxygen atoms in total. The van der Waals surface area contributed by atoms with Crippen molar-refractivity contribution in [3.63, 3.8) is 0 Å². The molecule has 1 saturated heterocycles. The van der Waals surface area contributed by atoms with Gasteiger partial charge in [0, 0.05) is 47.9 Å². The summed E-state index contributed by atoms with van der Waals surface area (Å²) in [6.07, 6.45) is 3.80. The summed E-state index contributed by atoms with van der Waals surface area (Å²) in [6.45, 7) is 3.12. The minimum absolute atomic E-state index is 0. The zero-order valence-electron chi connectivity index (χ0n) is 15.4. The number of nitro groups is 1. The number of halogens is 1. The summed E-state index contributed by atoms with van der Waals surface area (Å²) in [5.74, 6) is 0. The molecule has 0 amide bonds. The van der Waals surface area contributed by atoms with E-state index in [4.69, 9.17) is 0 Å². The number of benzene rings is 2. The number of rotatable bonds is 4. The van der Waals surface area contributed by atoms with Crippen molar-refractivity contribution < 1.29 is 4.92 Å². The standard InChI is InChI=1S/C21H23N3O2.ClH/c1-22-19-11-10-17(24(25)26)14-18(19)21(16-8-4-2-5-9-16)20(22)15-23-12-6-3-7-13-23;/h2,4-5,8-11,14H,3,6-7,12-13,15H2,1H3;1H. The molecule has 1 aromatic heterocycles. The lowest BCUT2D eigenvalue weighted by atomic mass is 10.0. The average molecular weight is 386 g/mol. The smallest absolute Gasteiger partial charge is 0.270 e. The average Bonchev–Trinajstić information content (AvgIpc) is 2.95. The SMILES string of the molecule is Cl.Cn1c(CN2CCCCC2)c(-c2ccccc2)c2cc([N+](=O)[O-])ccc21. The Morgan fingerprint density at radius 1 is 1.04 bits per heavy atom. The van der Waals surface area contributed by atoms with Crippen molar-refractivity contribution in [1.82, 2.24) is 9.47 Å². The van der Waals surface area contributed by atoms with E-state index in [9.17, 15) is 10.1 Å². The topological polar surface area (TPSA) is 51.3 Å². The highest BCUT2D eigenvalue weighted by Gasteiger charge is 2.21. The summed E-state index contributed by atoms with van der Waals surface area (Å²) in [5, 5.41) is 12.2. The lowest BCUT2D eigenvalue weighted by molar-refractivity contribution is -0.384. The van der Waals surface area contributed by atoms with Gasteiger partial charge in [-0.05, 0) is 37.6 Å². The van der Waals surface area contributed by atoms with Gasteiger partial charge in [-0.15, -0.1) is 12.4 Å². The van der Waals surface area contributed by atoms with Crippen LogP contribution in [0.1, 0.15) is 25.0 Å². The normalized spacial score (nSPS) is 14.9. The maximum Gasteiger partial charge on any atom is 0.270 e. The molecule has 27 heavy (non-hydrogen) atoms. The Balaban J connectivity index is 0.00000210. The fourth-order valence-electron chi connectivity index (χ4n) is 4.04. The van der Waals surface area contributed by atoms with Gasteiger partial charge in [-0.3, -0.25) is 15.0 Å². The summed E-state index contributed by atoms with van der Waals surface area (Å²) >= 11 is 0. The van der Waals surface area contributed by atoms with Gasteiger partial charge >= 0.3 is 0 Å². The fourth-order valence-corrected chi connectivity index (χ4v) is 4.04. The number of non-ortho nitro benzene ring substituents is 1. The molecule has 0 saturated carbocycles. The van der Waals surface area contributed by atoms with Crippen molar-refractivity contribution in [1.29, 1.82) is 0 Å². The zero-order valence-corrected chi connectivity index (χ0v) is 16.2. The van der Waals surface area contributed by atoms with Crippen LogP contribution in [0.4, 0.5) is 5.69 Å². The molecule has 1 aliphatic rings. The summed E-state index contributed by atoms with van der Waals surface area (Å²) in [7, 11) is 2.07. The van der Waals surface area contributed by atoms with E-state index in [0.717, 1.165) is 41.7 Å². The second-order valence-electron chi connectivity index (χ2n) is 7.04. The number of likely N-dealkylation sites (tertiary alicyclic amines) is 1. The number of hydrogen-bond donors (Lipinski definition) is 0. The molecule has 0 atom stereocenters. The van der Waals surface area contributed by atoms with Gasteiger partial charge in [-0.25, -0.2) is 0 Å². The highest BCUT2D eigenvalue weighted by Crippen LogP contribution is 2.37. The van der Waals surface area contributed by atoms with E-state index in [0.29, 0.717) is 0 Å². The van der Waals surface area contributed by atoms with Crippen LogP contribution in [0, 0.1) is 10.1 Å². The Kier molecular flexibility index (Phi) is 5.82. The zero-order chi connectivity index (χ0) is 18.1. The molecule has 2 heterocycles. The minimum Gasteiger partial charge on any atom is -0.346 e. The van der Waals surface area contributed by atoms with Crippen molar-refractivity contribution in [3.05, 3.63) is 64.3 Å². The number of hydrogen-bond acceptors (Lipinski definition) is 3. The summed E-state index contributed by atoms with van der Waals surface area (Å²) < 4.78 is 2.20. The molecule has 1 aliphatic heterocycles. The Hall–Kier alpha value is -2.37. The molecule has 2 aromatic carbocycles. The van der Waals surface area contributed by atoms with Gasteiger partial charge in [-0.1, -0.05) is 36.8 Å². The largest absolute Gasteiger partial charge is 0.346 e. The number of nitrogens with zero attached hydrogens (tertiary/aromatic N) is 3. The third kappa shape index (κ3) is 3.70. The number of aromatic nitrogens is 1. The fraction of sp³-hybridized carbons (Fsp3) is 0.333. The van der Waals surface area contributed by atoms with Crippen molar-refractivity contribution in [3.8, 4) is 11.1 Å². The van der Waals surface area contributed by atoms with Crippen LogP contribution in [0.15, 0.2) is 48.5 Å². The van der Waals surface area contributed by atoms with Crippen LogP contribution < -0.4 is 0 Å². The molecule has 4 rings (SSSR count). The summed E-state index contributed by atoms with van der Waals surface area (Å²) in [5.41, 5.74) is 4.66. The van der Waals surface area contributed by atoms with E-state index in [1.165, 1.54) is 25.0 Å². The maximum absolute atomic E-state index is 11.3. The van der Waals surface area contributed by atoms with Gasteiger partial charge in [0.1, 0.15) is 0 Å². The molecule has 0 radical (unpaired) electrons. The van der Waals surface area contributed by atoms with Crippen LogP contribution >= 0.6 is 12.4 Å². The minimum atomic E-state index is -0.314. The lowest BCUT2D eigenvalue weighted by Gasteiger charge is -2.27. The van der Waals surface area contributed by atoms with Crippen LogP contribution in [0.2, 0.25) is 0 Å². The molecular formula is C21H24ClN3O2. The van der Waals surface area contributed by atoms with Crippen LogP contribution in [-0.4, -0.2) is 27.5 Å². The van der Waals surface area contributed by atoms with Gasteiger partial charge in [0.15, 0.2) is 0 Å². The monoisotopic (exact) mass is 385 g/mol. The molecular weight excluding hydrogens is 362 g/mol. The maximum atomic E-state index is 11.3. The first-order valence-corrected chi connectivity index (χ1v) is 9.18. The number of piperidine rings is 1. The molecule has 1 fully saturated rings. The highest BCUT2D eigenvalue weighted by atomic mass is 35.5. The second-order valence-corrected chi connectivity index (χ2v) is 7.04. The first-order chi connectivity index (χ1) is 12.6. The molecule has 3 aromatic rings. The predicted molar refractivity (Wildman–Crippen MR) is 111 cm³/mol. The van der Waals surface area contributed by atoms with E-state index >= 15 is 0 Å². The number of fused-ring (bicyclic) bond motifs is 1. The molecule has 0 bridgehead atoms. The molecule has 6 heteroatoms. The van der Waals surface area contributed by atoms with E-state index < -0.39 is 0 Å². The Morgan fingerprint density at radius 2 is 1.74 bits per heavy atom. The summed E-state index contributed by atoms with van der Waals surface area (Å²) in [4.78, 5) is 13.5. The van der Waals surface area contributed by atoms with Gasteiger partial charge in [0.2, 0.25) is 0 Å². The van der Waals surface area contributed by atoms with E-state index in [2.05, 4.69) is 28.6 Å². The lowest BCUT2D eigenvalue weighted by Crippen LogP contribution is -2.30. The third-order valence-corrected chi connectivity index (χ3v) is 5.40. The van der Waals surface area contributed by atoms with Crippen LogP contribution in [0.3, 0.4) is 0 Å². The quantitative estimate of drug-likeness (QED) is 0.460. The van der Waals surface area contributed by atoms with Gasteiger partial charge in [-0.2, -0.15) is 0 Å². The predicted octanol–water partition coefficient (Wildman–Crippen LogP) is 5.16. The third-order valence-electron chi connectivity index (χ3n) is 5.40. The molecule has 0 unspecified atom stereocenters. The molecule has 0 aliphatic carbocycles. The first-order valence-electron chi connectivity index (χ1n) is 9.18. The van der Waals surface area contributed by atoms with Crippen molar-refractivity contribution in [2.45, 2.75) is 25.8 Å². The van der Waals surface area contributed by atoms with Gasteiger partial charge in [0.25, 0.3) is 5.69 Å². The first kappa shape index (κ1) is 19.4.